The van der Waals surface area contributed by atoms with Crippen LogP contribution in [0.5, 0.6) is 0 Å². The third kappa shape index (κ3) is 2.53. The molecule has 3 aliphatic heterocycles. The Labute approximate surface area is 124 Å². The van der Waals surface area contributed by atoms with Crippen molar-refractivity contribution in [3.05, 3.63) is 30.1 Å². The van der Waals surface area contributed by atoms with Crippen LogP contribution in [0.15, 0.2) is 24.3 Å². The number of piperidine rings is 3. The van der Waals surface area contributed by atoms with Crippen molar-refractivity contribution in [3.63, 3.8) is 0 Å². The van der Waals surface area contributed by atoms with Gasteiger partial charge in [-0.05, 0) is 63.0 Å². The molecule has 0 saturated carbocycles. The average Bonchev–Trinajstić information content (AvgIpc) is 2.96. The van der Waals surface area contributed by atoms with Crippen LogP contribution in [0.1, 0.15) is 18.7 Å². The summed E-state index contributed by atoms with van der Waals surface area (Å²) in [6, 6.07) is 9.06. The number of H-pyrrole nitrogens is 1. The molecule has 0 radical (unpaired) electrons. The second-order valence-corrected chi connectivity index (χ2v) is 6.21. The molecular formula is C16H21N5. The quantitative estimate of drug-likeness (QED) is 0.907. The molecule has 5 rings (SSSR count). The first kappa shape index (κ1) is 12.8. The van der Waals surface area contributed by atoms with Crippen molar-refractivity contribution in [2.45, 2.75) is 25.8 Å². The lowest BCUT2D eigenvalue weighted by atomic mass is 9.84. The molecular weight excluding hydrogens is 262 g/mol. The van der Waals surface area contributed by atoms with Gasteiger partial charge >= 0.3 is 0 Å². The van der Waals surface area contributed by atoms with E-state index in [1.807, 2.05) is 6.92 Å². The average molecular weight is 283 g/mol. The molecule has 0 amide bonds. The number of aryl methyl sites for hydroxylation is 1. The molecule has 4 heterocycles. The number of anilines is 1. The van der Waals surface area contributed by atoms with Crippen LogP contribution < -0.4 is 5.32 Å². The number of benzene rings is 1. The summed E-state index contributed by atoms with van der Waals surface area (Å²) in [5.41, 5.74) is 2.25. The van der Waals surface area contributed by atoms with Gasteiger partial charge in [-0.3, -0.25) is 5.10 Å². The number of nitrogens with one attached hydrogen (secondary N) is 2. The second-order valence-electron chi connectivity index (χ2n) is 6.21. The first-order chi connectivity index (χ1) is 10.3. The molecule has 3 aliphatic rings. The summed E-state index contributed by atoms with van der Waals surface area (Å²) in [6.45, 7) is 5.67. The van der Waals surface area contributed by atoms with Gasteiger partial charge in [0.15, 0.2) is 5.82 Å². The van der Waals surface area contributed by atoms with Crippen LogP contribution in [0.25, 0.3) is 11.4 Å². The molecule has 2 bridgehead atoms. The fraction of sp³-hybridized carbons (Fsp3) is 0.500. The lowest BCUT2D eigenvalue weighted by molar-refractivity contribution is 0.0975. The lowest BCUT2D eigenvalue weighted by Gasteiger charge is -2.45. The van der Waals surface area contributed by atoms with Crippen molar-refractivity contribution in [1.82, 2.24) is 20.1 Å². The van der Waals surface area contributed by atoms with Gasteiger partial charge < -0.3 is 10.2 Å². The highest BCUT2D eigenvalue weighted by atomic mass is 15.2. The Bertz CT molecular complexity index is 610. The Kier molecular flexibility index (Phi) is 3.15. The summed E-state index contributed by atoms with van der Waals surface area (Å²) in [6.07, 6.45) is 2.68. The van der Waals surface area contributed by atoms with Crippen LogP contribution in [0.3, 0.4) is 0 Å². The largest absolute Gasteiger partial charge is 0.381 e. The summed E-state index contributed by atoms with van der Waals surface area (Å²) in [5, 5.41) is 10.8. The highest BCUT2D eigenvalue weighted by Crippen LogP contribution is 2.30. The van der Waals surface area contributed by atoms with E-state index in [0.29, 0.717) is 6.04 Å². The zero-order valence-corrected chi connectivity index (χ0v) is 12.3. The monoisotopic (exact) mass is 283 g/mol. The minimum atomic E-state index is 0.601. The number of aromatic amines is 1. The van der Waals surface area contributed by atoms with Crippen LogP contribution in [-0.4, -0.2) is 45.8 Å². The smallest absolute Gasteiger partial charge is 0.181 e. The lowest BCUT2D eigenvalue weighted by Crippen LogP contribution is -2.53. The Morgan fingerprint density at radius 1 is 1.19 bits per heavy atom. The minimum Gasteiger partial charge on any atom is -0.381 e. The highest BCUT2D eigenvalue weighted by molar-refractivity contribution is 5.59. The van der Waals surface area contributed by atoms with Crippen LogP contribution in [-0.2, 0) is 0 Å². The van der Waals surface area contributed by atoms with Crippen molar-refractivity contribution in [3.8, 4) is 11.4 Å². The van der Waals surface area contributed by atoms with Gasteiger partial charge in [0, 0.05) is 23.8 Å². The summed E-state index contributed by atoms with van der Waals surface area (Å²) < 4.78 is 0. The van der Waals surface area contributed by atoms with E-state index in [2.05, 4.69) is 49.7 Å². The molecule has 1 atom stereocenters. The van der Waals surface area contributed by atoms with Crippen LogP contribution >= 0.6 is 0 Å². The van der Waals surface area contributed by atoms with Gasteiger partial charge in [-0.15, -0.1) is 0 Å². The molecule has 3 fully saturated rings. The fourth-order valence-corrected chi connectivity index (χ4v) is 3.53. The third-order valence-corrected chi connectivity index (χ3v) is 4.75. The molecule has 2 aromatic rings. The van der Waals surface area contributed by atoms with Gasteiger partial charge in [-0.25, -0.2) is 4.98 Å². The van der Waals surface area contributed by atoms with Crippen LogP contribution in [0, 0.1) is 12.8 Å². The van der Waals surface area contributed by atoms with Crippen LogP contribution in [0.2, 0.25) is 0 Å². The molecule has 1 aromatic carbocycles. The molecule has 1 unspecified atom stereocenters. The molecule has 0 aliphatic carbocycles. The summed E-state index contributed by atoms with van der Waals surface area (Å²) in [7, 11) is 0. The molecule has 21 heavy (non-hydrogen) atoms. The predicted molar refractivity (Wildman–Crippen MR) is 83.1 cm³/mol. The van der Waals surface area contributed by atoms with E-state index in [-0.39, 0.29) is 0 Å². The van der Waals surface area contributed by atoms with Crippen LogP contribution in [0.4, 0.5) is 5.69 Å². The zero-order chi connectivity index (χ0) is 14.2. The number of rotatable bonds is 3. The Morgan fingerprint density at radius 3 is 2.52 bits per heavy atom. The first-order valence-electron chi connectivity index (χ1n) is 7.76. The first-order valence-corrected chi connectivity index (χ1v) is 7.76. The van der Waals surface area contributed by atoms with Crippen molar-refractivity contribution in [1.29, 1.82) is 0 Å². The van der Waals surface area contributed by atoms with Gasteiger partial charge in [0.1, 0.15) is 5.82 Å². The maximum absolute atomic E-state index is 4.36. The number of hydrogen-bond donors (Lipinski definition) is 2. The molecule has 110 valence electrons. The van der Waals surface area contributed by atoms with E-state index in [4.69, 9.17) is 0 Å². The zero-order valence-electron chi connectivity index (χ0n) is 12.3. The Morgan fingerprint density at radius 2 is 1.95 bits per heavy atom. The van der Waals surface area contributed by atoms with E-state index in [0.717, 1.165) is 23.1 Å². The maximum atomic E-state index is 4.36. The number of fused-ring (bicyclic) bond motifs is 3. The number of nitrogens with zero attached hydrogens (tertiary/aromatic N) is 3. The van der Waals surface area contributed by atoms with Crippen molar-refractivity contribution >= 4 is 5.69 Å². The van der Waals surface area contributed by atoms with Gasteiger partial charge in [0.25, 0.3) is 0 Å². The van der Waals surface area contributed by atoms with E-state index in [1.54, 1.807) is 0 Å². The van der Waals surface area contributed by atoms with Gasteiger partial charge in [-0.2, -0.15) is 5.10 Å². The maximum Gasteiger partial charge on any atom is 0.181 e. The van der Waals surface area contributed by atoms with E-state index in [9.17, 15) is 0 Å². The van der Waals surface area contributed by atoms with E-state index in [1.165, 1.54) is 38.2 Å². The SMILES string of the molecule is Cc1nc(-c2ccc(NC3CN4CCC3CC4)cc2)n[nH]1. The van der Waals surface area contributed by atoms with Crippen molar-refractivity contribution in [2.24, 2.45) is 5.92 Å². The van der Waals surface area contributed by atoms with E-state index >= 15 is 0 Å². The van der Waals surface area contributed by atoms with Crippen molar-refractivity contribution in [2.75, 3.05) is 25.0 Å². The standard InChI is InChI=1S/C16H21N5/c1-11-17-16(20-19-11)13-2-4-14(5-3-13)18-15-10-21-8-6-12(15)7-9-21/h2-5,12,15,18H,6-10H2,1H3,(H,17,19,20). The number of hydrogen-bond acceptors (Lipinski definition) is 4. The second kappa shape index (κ2) is 5.15. The molecule has 0 spiro atoms. The summed E-state index contributed by atoms with van der Waals surface area (Å²) in [4.78, 5) is 6.94. The summed E-state index contributed by atoms with van der Waals surface area (Å²) in [5.74, 6) is 2.45. The van der Waals surface area contributed by atoms with E-state index < -0.39 is 0 Å². The van der Waals surface area contributed by atoms with Crippen molar-refractivity contribution < 1.29 is 0 Å². The summed E-state index contributed by atoms with van der Waals surface area (Å²) >= 11 is 0. The molecule has 5 heteroatoms. The van der Waals surface area contributed by atoms with Gasteiger partial charge in [0.05, 0.1) is 0 Å². The highest BCUT2D eigenvalue weighted by Gasteiger charge is 2.33. The molecule has 1 aromatic heterocycles. The fourth-order valence-electron chi connectivity index (χ4n) is 3.53. The number of aromatic nitrogens is 3. The Hall–Kier alpha value is -1.88. The van der Waals surface area contributed by atoms with Gasteiger partial charge in [0.2, 0.25) is 0 Å². The normalized spacial score (nSPS) is 27.8. The molecule has 2 N–H and O–H groups in total. The minimum absolute atomic E-state index is 0.601. The predicted octanol–water partition coefficient (Wildman–Crippen LogP) is 2.29. The third-order valence-electron chi connectivity index (χ3n) is 4.75. The molecule has 5 nitrogen and oxygen atoms in total. The molecule has 3 saturated heterocycles. The Balaban J connectivity index is 1.47. The topological polar surface area (TPSA) is 56.8 Å². The van der Waals surface area contributed by atoms with Gasteiger partial charge in [-0.1, -0.05) is 0 Å².